The lowest BCUT2D eigenvalue weighted by Gasteiger charge is -2.12. The number of halogens is 3. The van der Waals surface area contributed by atoms with Crippen molar-refractivity contribution in [3.8, 4) is 11.6 Å². The molecular formula is C13H11Cl3N2O. The maximum absolute atomic E-state index is 6.06. The van der Waals surface area contributed by atoms with Crippen molar-refractivity contribution >= 4 is 34.8 Å². The van der Waals surface area contributed by atoms with Gasteiger partial charge in [-0.3, -0.25) is 0 Å². The number of aromatic nitrogens is 1. The van der Waals surface area contributed by atoms with E-state index in [0.717, 1.165) is 11.1 Å². The lowest BCUT2D eigenvalue weighted by molar-refractivity contribution is 0.456. The minimum atomic E-state index is 0.327. The van der Waals surface area contributed by atoms with Crippen LogP contribution in [0.2, 0.25) is 15.1 Å². The zero-order valence-electron chi connectivity index (χ0n) is 10.1. The number of hydrogen-bond donors (Lipinski definition) is 1. The Kier molecular flexibility index (Phi) is 4.53. The fourth-order valence-corrected chi connectivity index (χ4v) is 2.16. The van der Waals surface area contributed by atoms with Gasteiger partial charge < -0.3 is 10.5 Å². The van der Waals surface area contributed by atoms with Crippen molar-refractivity contribution in [2.75, 3.05) is 0 Å². The molecule has 100 valence electrons. The van der Waals surface area contributed by atoms with E-state index < -0.39 is 0 Å². The van der Waals surface area contributed by atoms with Gasteiger partial charge in [-0.15, -0.1) is 0 Å². The van der Waals surface area contributed by atoms with E-state index in [1.807, 2.05) is 13.0 Å². The van der Waals surface area contributed by atoms with Crippen molar-refractivity contribution in [1.29, 1.82) is 0 Å². The average molecular weight is 318 g/mol. The van der Waals surface area contributed by atoms with Gasteiger partial charge in [0.05, 0.1) is 15.1 Å². The minimum Gasteiger partial charge on any atom is -0.437 e. The summed E-state index contributed by atoms with van der Waals surface area (Å²) in [5, 5.41) is 1.10. The molecule has 0 radical (unpaired) electrons. The van der Waals surface area contributed by atoms with Crippen LogP contribution in [0.4, 0.5) is 0 Å². The summed E-state index contributed by atoms with van der Waals surface area (Å²) in [5.41, 5.74) is 7.52. The molecule has 6 heteroatoms. The summed E-state index contributed by atoms with van der Waals surface area (Å²) in [5.74, 6) is 0.812. The highest BCUT2D eigenvalue weighted by atomic mass is 35.5. The van der Waals surface area contributed by atoms with Crippen molar-refractivity contribution in [2.45, 2.75) is 13.5 Å². The number of benzene rings is 1. The van der Waals surface area contributed by atoms with Gasteiger partial charge in [-0.1, -0.05) is 34.8 Å². The van der Waals surface area contributed by atoms with Crippen LogP contribution in [0.5, 0.6) is 11.6 Å². The van der Waals surface area contributed by atoms with Gasteiger partial charge in [-0.2, -0.15) is 0 Å². The highest BCUT2D eigenvalue weighted by Crippen LogP contribution is 2.36. The first-order chi connectivity index (χ1) is 9.02. The maximum Gasteiger partial charge on any atom is 0.224 e. The molecule has 3 nitrogen and oxygen atoms in total. The molecule has 0 aliphatic rings. The van der Waals surface area contributed by atoms with Crippen LogP contribution in [0.15, 0.2) is 24.4 Å². The van der Waals surface area contributed by atoms with E-state index in [1.165, 1.54) is 6.07 Å². The van der Waals surface area contributed by atoms with Crippen LogP contribution in [0, 0.1) is 6.92 Å². The number of pyridine rings is 1. The first-order valence-electron chi connectivity index (χ1n) is 5.50. The highest BCUT2D eigenvalue weighted by Gasteiger charge is 2.12. The zero-order valence-corrected chi connectivity index (χ0v) is 12.4. The number of nitrogens with two attached hydrogens (primary N) is 1. The van der Waals surface area contributed by atoms with Gasteiger partial charge in [0.2, 0.25) is 5.88 Å². The predicted molar refractivity (Wildman–Crippen MR) is 78.4 cm³/mol. The van der Waals surface area contributed by atoms with Crippen LogP contribution >= 0.6 is 34.8 Å². The van der Waals surface area contributed by atoms with E-state index in [1.54, 1.807) is 12.3 Å². The van der Waals surface area contributed by atoms with Crippen molar-refractivity contribution < 1.29 is 4.74 Å². The van der Waals surface area contributed by atoms with Crippen LogP contribution in [0.25, 0.3) is 0 Å². The molecule has 0 saturated heterocycles. The fraction of sp³-hybridized carbons (Fsp3) is 0.154. The minimum absolute atomic E-state index is 0.327. The Hall–Kier alpha value is -1.000. The van der Waals surface area contributed by atoms with Gasteiger partial charge in [-0.05, 0) is 24.6 Å². The lowest BCUT2D eigenvalue weighted by atomic mass is 10.1. The Bertz CT molecular complexity index is 617. The lowest BCUT2D eigenvalue weighted by Crippen LogP contribution is -2.03. The van der Waals surface area contributed by atoms with Gasteiger partial charge in [0.15, 0.2) is 0 Å². The van der Waals surface area contributed by atoms with Crippen LogP contribution in [0.1, 0.15) is 11.1 Å². The Labute approximate surface area is 126 Å². The molecule has 0 amide bonds. The quantitative estimate of drug-likeness (QED) is 0.842. The first-order valence-corrected chi connectivity index (χ1v) is 6.63. The molecule has 1 heterocycles. The monoisotopic (exact) mass is 316 g/mol. The summed E-state index contributed by atoms with van der Waals surface area (Å²) in [4.78, 5) is 4.16. The summed E-state index contributed by atoms with van der Waals surface area (Å²) in [6, 6.07) is 4.95. The van der Waals surface area contributed by atoms with Crippen LogP contribution in [-0.2, 0) is 6.54 Å². The maximum atomic E-state index is 6.06. The van der Waals surface area contributed by atoms with E-state index in [2.05, 4.69) is 4.98 Å². The van der Waals surface area contributed by atoms with Crippen LogP contribution < -0.4 is 10.5 Å². The summed E-state index contributed by atoms with van der Waals surface area (Å²) in [7, 11) is 0. The molecule has 1 aromatic carbocycles. The van der Waals surface area contributed by atoms with Crippen molar-refractivity contribution in [2.24, 2.45) is 5.73 Å². The van der Waals surface area contributed by atoms with Gasteiger partial charge in [0.25, 0.3) is 0 Å². The van der Waals surface area contributed by atoms with Crippen LogP contribution in [-0.4, -0.2) is 4.98 Å². The third kappa shape index (κ3) is 3.12. The second kappa shape index (κ2) is 5.97. The second-order valence-corrected chi connectivity index (χ2v) is 5.14. The summed E-state index contributed by atoms with van der Waals surface area (Å²) in [6.07, 6.45) is 1.65. The number of hydrogen-bond acceptors (Lipinski definition) is 3. The molecule has 2 rings (SSSR count). The molecule has 0 spiro atoms. The van der Waals surface area contributed by atoms with E-state index in [0.29, 0.717) is 33.2 Å². The average Bonchev–Trinajstić information content (AvgIpc) is 2.36. The molecule has 0 unspecified atom stereocenters. The second-order valence-electron chi connectivity index (χ2n) is 3.91. The first kappa shape index (κ1) is 14.4. The molecule has 0 atom stereocenters. The zero-order chi connectivity index (χ0) is 14.0. The molecule has 0 aliphatic heterocycles. The Balaban J connectivity index is 2.42. The molecule has 2 N–H and O–H groups in total. The number of aryl methyl sites for hydroxylation is 1. The van der Waals surface area contributed by atoms with Crippen LogP contribution in [0.3, 0.4) is 0 Å². The predicted octanol–water partition coefficient (Wildman–Crippen LogP) is 4.60. The van der Waals surface area contributed by atoms with E-state index in [4.69, 9.17) is 45.3 Å². The molecule has 0 fully saturated rings. The molecule has 2 aromatic rings. The topological polar surface area (TPSA) is 48.1 Å². The molecule has 0 saturated carbocycles. The fourth-order valence-electron chi connectivity index (χ4n) is 1.59. The largest absolute Gasteiger partial charge is 0.437 e. The van der Waals surface area contributed by atoms with E-state index in [9.17, 15) is 0 Å². The Morgan fingerprint density at radius 3 is 2.53 bits per heavy atom. The molecular weight excluding hydrogens is 307 g/mol. The number of ether oxygens (including phenoxy) is 1. The van der Waals surface area contributed by atoms with Crippen molar-refractivity contribution in [3.63, 3.8) is 0 Å². The Morgan fingerprint density at radius 2 is 1.84 bits per heavy atom. The van der Waals surface area contributed by atoms with Gasteiger partial charge >= 0.3 is 0 Å². The summed E-state index contributed by atoms with van der Waals surface area (Å²) >= 11 is 17.9. The van der Waals surface area contributed by atoms with Crippen molar-refractivity contribution in [1.82, 2.24) is 4.98 Å². The smallest absolute Gasteiger partial charge is 0.224 e. The van der Waals surface area contributed by atoms with E-state index >= 15 is 0 Å². The Morgan fingerprint density at radius 1 is 1.16 bits per heavy atom. The standard InChI is InChI=1S/C13H11Cl3N2O/c1-7-2-3-18-13(8(7)6-17)19-12-5-10(15)9(14)4-11(12)16/h2-5H,6,17H2,1H3. The summed E-state index contributed by atoms with van der Waals surface area (Å²) < 4.78 is 5.68. The van der Waals surface area contributed by atoms with Crippen molar-refractivity contribution in [3.05, 3.63) is 50.6 Å². The van der Waals surface area contributed by atoms with E-state index in [-0.39, 0.29) is 0 Å². The molecule has 1 aromatic heterocycles. The van der Waals surface area contributed by atoms with Gasteiger partial charge in [-0.25, -0.2) is 4.98 Å². The van der Waals surface area contributed by atoms with Gasteiger partial charge in [0, 0.05) is 24.4 Å². The highest BCUT2D eigenvalue weighted by molar-refractivity contribution is 6.43. The summed E-state index contributed by atoms with van der Waals surface area (Å²) in [6.45, 7) is 2.27. The van der Waals surface area contributed by atoms with Gasteiger partial charge in [0.1, 0.15) is 5.75 Å². The number of rotatable bonds is 3. The normalized spacial score (nSPS) is 10.6. The molecule has 19 heavy (non-hydrogen) atoms. The number of nitrogens with zero attached hydrogens (tertiary/aromatic N) is 1. The SMILES string of the molecule is Cc1ccnc(Oc2cc(Cl)c(Cl)cc2Cl)c1CN. The molecule has 0 aliphatic carbocycles. The third-order valence-corrected chi connectivity index (χ3v) is 3.65. The third-order valence-electron chi connectivity index (χ3n) is 2.64. The molecule has 0 bridgehead atoms.